The Morgan fingerprint density at radius 2 is 1.92 bits per heavy atom. The molecule has 1 aliphatic carbocycles. The molecule has 0 saturated heterocycles. The number of benzene rings is 1. The first-order valence-electron chi connectivity index (χ1n) is 8.38. The number of likely N-dealkylation sites (N-methyl/N-ethyl adjacent to an activating group) is 2. The third-order valence-corrected chi connectivity index (χ3v) is 6.11. The van der Waals surface area contributed by atoms with Crippen molar-refractivity contribution >= 4 is 28.3 Å². The second kappa shape index (κ2) is 9.52. The van der Waals surface area contributed by atoms with Crippen LogP contribution < -0.4 is 10.0 Å². The number of sulfonamides is 1. The Kier molecular flexibility index (Phi) is 8.34. The number of nitrogens with one attached hydrogen (secondary N) is 2. The molecule has 142 valence electrons. The van der Waals surface area contributed by atoms with E-state index in [1.807, 2.05) is 7.05 Å². The van der Waals surface area contributed by atoms with Gasteiger partial charge in [0.25, 0.3) is 5.91 Å². The van der Waals surface area contributed by atoms with Crippen molar-refractivity contribution in [2.75, 3.05) is 27.2 Å². The van der Waals surface area contributed by atoms with Crippen molar-refractivity contribution in [1.82, 2.24) is 14.9 Å². The van der Waals surface area contributed by atoms with E-state index >= 15 is 0 Å². The molecule has 2 N–H and O–H groups in total. The first kappa shape index (κ1) is 21.9. The molecule has 1 aliphatic rings. The second-order valence-corrected chi connectivity index (χ2v) is 8.10. The number of rotatable bonds is 7. The molecule has 0 heterocycles. The number of halogens is 1. The molecule has 1 aromatic carbocycles. The highest BCUT2D eigenvalue weighted by Crippen LogP contribution is 2.23. The lowest BCUT2D eigenvalue weighted by Crippen LogP contribution is -2.34. The van der Waals surface area contributed by atoms with E-state index < -0.39 is 10.0 Å². The fourth-order valence-corrected chi connectivity index (χ4v) is 4.53. The van der Waals surface area contributed by atoms with Gasteiger partial charge in [-0.1, -0.05) is 18.9 Å². The Labute approximate surface area is 156 Å². The van der Waals surface area contributed by atoms with Crippen LogP contribution in [0.4, 0.5) is 0 Å². The minimum Gasteiger partial charge on any atom is -0.340 e. The van der Waals surface area contributed by atoms with Gasteiger partial charge < -0.3 is 10.2 Å². The predicted molar refractivity (Wildman–Crippen MR) is 102 cm³/mol. The van der Waals surface area contributed by atoms with Gasteiger partial charge in [-0.2, -0.15) is 0 Å². The SMILES string of the molecule is CNCCN(C)C(=O)c1ccc(C)c(S(=O)(=O)NC2CCCC2)c1.Cl. The maximum atomic E-state index is 12.7. The van der Waals surface area contributed by atoms with Gasteiger partial charge in [0.05, 0.1) is 4.90 Å². The number of hydrogen-bond donors (Lipinski definition) is 2. The molecule has 0 unspecified atom stereocenters. The van der Waals surface area contributed by atoms with Gasteiger partial charge in [-0.15, -0.1) is 12.4 Å². The van der Waals surface area contributed by atoms with Crippen LogP contribution in [0.2, 0.25) is 0 Å². The van der Waals surface area contributed by atoms with E-state index in [0.29, 0.717) is 24.2 Å². The maximum Gasteiger partial charge on any atom is 0.253 e. The number of hydrogen-bond acceptors (Lipinski definition) is 4. The van der Waals surface area contributed by atoms with Gasteiger partial charge in [0.1, 0.15) is 0 Å². The van der Waals surface area contributed by atoms with E-state index in [1.165, 1.54) is 6.07 Å². The summed E-state index contributed by atoms with van der Waals surface area (Å²) in [5, 5.41) is 2.99. The van der Waals surface area contributed by atoms with Crippen molar-refractivity contribution in [3.8, 4) is 0 Å². The molecule has 2 rings (SSSR count). The number of amides is 1. The minimum absolute atomic E-state index is 0. The summed E-state index contributed by atoms with van der Waals surface area (Å²) in [5.74, 6) is -0.178. The molecule has 25 heavy (non-hydrogen) atoms. The minimum atomic E-state index is -3.61. The third kappa shape index (κ3) is 5.67. The zero-order valence-corrected chi connectivity index (χ0v) is 16.7. The van der Waals surface area contributed by atoms with Gasteiger partial charge in [0.15, 0.2) is 0 Å². The molecule has 1 amide bonds. The summed E-state index contributed by atoms with van der Waals surface area (Å²) in [6, 6.07) is 4.88. The smallest absolute Gasteiger partial charge is 0.253 e. The average molecular weight is 390 g/mol. The van der Waals surface area contributed by atoms with Crippen molar-refractivity contribution in [2.24, 2.45) is 0 Å². The van der Waals surface area contributed by atoms with Gasteiger partial charge in [0.2, 0.25) is 10.0 Å². The fourth-order valence-electron chi connectivity index (χ4n) is 2.95. The molecule has 1 fully saturated rings. The largest absolute Gasteiger partial charge is 0.340 e. The lowest BCUT2D eigenvalue weighted by molar-refractivity contribution is 0.0796. The zero-order valence-electron chi connectivity index (χ0n) is 15.0. The second-order valence-electron chi connectivity index (χ2n) is 6.41. The predicted octanol–water partition coefficient (Wildman–Crippen LogP) is 1.93. The average Bonchev–Trinajstić information content (AvgIpc) is 3.04. The highest BCUT2D eigenvalue weighted by atomic mass is 35.5. The number of carbonyl (C=O) groups is 1. The molecule has 0 aromatic heterocycles. The summed E-state index contributed by atoms with van der Waals surface area (Å²) in [7, 11) is -0.0704. The standard InChI is InChI=1S/C17H27N3O3S.ClH/c1-13-8-9-14(17(21)20(3)11-10-18-2)12-16(13)24(22,23)19-15-6-4-5-7-15;/h8-9,12,15,18-19H,4-7,10-11H2,1-3H3;1H. The highest BCUT2D eigenvalue weighted by Gasteiger charge is 2.25. The first-order valence-corrected chi connectivity index (χ1v) is 9.86. The molecule has 1 saturated carbocycles. The Balaban J connectivity index is 0.00000312. The monoisotopic (exact) mass is 389 g/mol. The van der Waals surface area contributed by atoms with E-state index in [1.54, 1.807) is 31.0 Å². The quantitative estimate of drug-likeness (QED) is 0.746. The summed E-state index contributed by atoms with van der Waals surface area (Å²) in [4.78, 5) is 14.3. The Hall–Kier alpha value is -1.15. The molecule has 8 heteroatoms. The van der Waals surface area contributed by atoms with Crippen molar-refractivity contribution in [2.45, 2.75) is 43.5 Å². The molecule has 0 spiro atoms. The van der Waals surface area contributed by atoms with Crippen LogP contribution in [-0.4, -0.2) is 52.5 Å². The normalized spacial score (nSPS) is 15.0. The highest BCUT2D eigenvalue weighted by molar-refractivity contribution is 7.89. The number of aryl methyl sites for hydroxylation is 1. The summed E-state index contributed by atoms with van der Waals surface area (Å²) < 4.78 is 28.1. The van der Waals surface area contributed by atoms with Crippen molar-refractivity contribution < 1.29 is 13.2 Å². The van der Waals surface area contributed by atoms with Crippen LogP contribution in [0.1, 0.15) is 41.6 Å². The molecular formula is C17H28ClN3O3S. The zero-order chi connectivity index (χ0) is 17.7. The molecule has 0 atom stereocenters. The summed E-state index contributed by atoms with van der Waals surface area (Å²) >= 11 is 0. The topological polar surface area (TPSA) is 78.5 Å². The van der Waals surface area contributed by atoms with Crippen LogP contribution >= 0.6 is 12.4 Å². The van der Waals surface area contributed by atoms with Crippen molar-refractivity contribution in [3.05, 3.63) is 29.3 Å². The summed E-state index contributed by atoms with van der Waals surface area (Å²) in [6.45, 7) is 3.00. The van der Waals surface area contributed by atoms with Crippen LogP contribution in [0.5, 0.6) is 0 Å². The van der Waals surface area contributed by atoms with Crippen LogP contribution in [-0.2, 0) is 10.0 Å². The van der Waals surface area contributed by atoms with E-state index in [4.69, 9.17) is 0 Å². The lowest BCUT2D eigenvalue weighted by Gasteiger charge is -2.19. The molecular weight excluding hydrogens is 362 g/mol. The van der Waals surface area contributed by atoms with Crippen LogP contribution in [0.3, 0.4) is 0 Å². The maximum absolute atomic E-state index is 12.7. The first-order chi connectivity index (χ1) is 11.3. The summed E-state index contributed by atoms with van der Waals surface area (Å²) in [5.41, 5.74) is 1.04. The molecule has 1 aromatic rings. The van der Waals surface area contributed by atoms with Crippen molar-refractivity contribution in [1.29, 1.82) is 0 Å². The van der Waals surface area contributed by atoms with Gasteiger partial charge in [0, 0.05) is 31.7 Å². The Morgan fingerprint density at radius 1 is 1.28 bits per heavy atom. The fraction of sp³-hybridized carbons (Fsp3) is 0.588. The molecule has 0 aliphatic heterocycles. The lowest BCUT2D eigenvalue weighted by atomic mass is 10.1. The number of nitrogens with zero attached hydrogens (tertiary/aromatic N) is 1. The van der Waals surface area contributed by atoms with E-state index in [-0.39, 0.29) is 29.3 Å². The molecule has 0 radical (unpaired) electrons. The third-order valence-electron chi connectivity index (χ3n) is 4.45. The van der Waals surface area contributed by atoms with Crippen LogP contribution in [0.15, 0.2) is 23.1 Å². The van der Waals surface area contributed by atoms with Crippen LogP contribution in [0, 0.1) is 6.92 Å². The molecule has 0 bridgehead atoms. The van der Waals surface area contributed by atoms with Gasteiger partial charge in [-0.3, -0.25) is 4.79 Å². The van der Waals surface area contributed by atoms with E-state index in [9.17, 15) is 13.2 Å². The summed E-state index contributed by atoms with van der Waals surface area (Å²) in [6.07, 6.45) is 3.87. The number of carbonyl (C=O) groups excluding carboxylic acids is 1. The molecule has 6 nitrogen and oxygen atoms in total. The van der Waals surface area contributed by atoms with Crippen LogP contribution in [0.25, 0.3) is 0 Å². The van der Waals surface area contributed by atoms with E-state index in [0.717, 1.165) is 25.7 Å². The van der Waals surface area contributed by atoms with E-state index in [2.05, 4.69) is 10.0 Å². The Morgan fingerprint density at radius 3 is 2.52 bits per heavy atom. The van der Waals surface area contributed by atoms with Gasteiger partial charge >= 0.3 is 0 Å². The van der Waals surface area contributed by atoms with Crippen molar-refractivity contribution in [3.63, 3.8) is 0 Å². The van der Waals surface area contributed by atoms with Gasteiger partial charge in [-0.05, 0) is 44.5 Å². The Bertz CT molecular complexity index is 688. The van der Waals surface area contributed by atoms with Gasteiger partial charge in [-0.25, -0.2) is 13.1 Å².